The molecule has 0 saturated heterocycles. The van der Waals surface area contributed by atoms with Crippen molar-refractivity contribution < 1.29 is 24.3 Å². The number of aliphatic carboxylic acids is 1. The maximum Gasteiger partial charge on any atom is 0.326 e. The van der Waals surface area contributed by atoms with Gasteiger partial charge in [-0.25, -0.2) is 4.79 Å². The van der Waals surface area contributed by atoms with Crippen LogP contribution in [0.25, 0.3) is 0 Å². The Morgan fingerprint density at radius 2 is 1.32 bits per heavy atom. The number of nitrogens with two attached hydrogens (primary N) is 4. The van der Waals surface area contributed by atoms with Crippen LogP contribution in [0.4, 0.5) is 0 Å². The van der Waals surface area contributed by atoms with E-state index in [1.54, 1.807) is 0 Å². The Balaban J connectivity index is 4.94. The molecule has 0 radical (unpaired) electrons. The minimum absolute atomic E-state index is 0.0580. The third-order valence-electron chi connectivity index (χ3n) is 4.18. The third-order valence-corrected chi connectivity index (χ3v) is 4.18. The lowest BCUT2D eigenvalue weighted by Crippen LogP contribution is -2.54. The van der Waals surface area contributed by atoms with Gasteiger partial charge < -0.3 is 38.7 Å². The van der Waals surface area contributed by atoms with Crippen molar-refractivity contribution in [1.82, 2.24) is 10.6 Å². The highest BCUT2D eigenvalue weighted by molar-refractivity contribution is 5.92. The lowest BCUT2D eigenvalue weighted by Gasteiger charge is -2.22. The SMILES string of the molecule is NCCCC[C@H](NC(=O)[C@H](CCC(N)=O)NC(=O)[C@@H](N)CCCCN)C(=O)O. The molecule has 11 nitrogen and oxygen atoms in total. The Bertz CT molecular complexity index is 516. The van der Waals surface area contributed by atoms with E-state index in [1.807, 2.05) is 0 Å². The van der Waals surface area contributed by atoms with Gasteiger partial charge >= 0.3 is 5.97 Å². The summed E-state index contributed by atoms with van der Waals surface area (Å²) in [5, 5.41) is 14.1. The molecule has 0 aliphatic heterocycles. The minimum Gasteiger partial charge on any atom is -0.480 e. The molecule has 0 heterocycles. The fourth-order valence-electron chi connectivity index (χ4n) is 2.50. The molecule has 3 atom stereocenters. The average Bonchev–Trinajstić information content (AvgIpc) is 2.63. The van der Waals surface area contributed by atoms with Gasteiger partial charge in [0.15, 0.2) is 0 Å². The van der Waals surface area contributed by atoms with Gasteiger partial charge in [0.1, 0.15) is 12.1 Å². The summed E-state index contributed by atoms with van der Waals surface area (Å²) in [5.74, 6) is -3.10. The number of carboxylic acid groups (broad SMARTS) is 1. The van der Waals surface area contributed by atoms with E-state index in [4.69, 9.17) is 22.9 Å². The normalized spacial score (nSPS) is 14.0. The van der Waals surface area contributed by atoms with E-state index in [-0.39, 0.29) is 19.3 Å². The molecule has 0 aromatic heterocycles. The molecule has 0 saturated carbocycles. The molecule has 0 aliphatic carbocycles. The zero-order chi connectivity index (χ0) is 21.5. The average molecular weight is 402 g/mol. The summed E-state index contributed by atoms with van der Waals surface area (Å²) in [5.41, 5.74) is 21.7. The van der Waals surface area contributed by atoms with Crippen LogP contribution in [0.5, 0.6) is 0 Å². The van der Waals surface area contributed by atoms with Crippen LogP contribution < -0.4 is 33.6 Å². The molecule has 0 unspecified atom stereocenters. The van der Waals surface area contributed by atoms with Crippen molar-refractivity contribution in [1.29, 1.82) is 0 Å². The Kier molecular flexibility index (Phi) is 13.6. The van der Waals surface area contributed by atoms with Crippen molar-refractivity contribution in [3.05, 3.63) is 0 Å². The van der Waals surface area contributed by atoms with Crippen LogP contribution in [0, 0.1) is 0 Å². The number of unbranched alkanes of at least 4 members (excludes halogenated alkanes) is 2. The highest BCUT2D eigenvalue weighted by Crippen LogP contribution is 2.05. The molecule has 0 aromatic carbocycles. The van der Waals surface area contributed by atoms with E-state index >= 15 is 0 Å². The standard InChI is InChI=1S/C17H34N6O5/c18-9-3-1-5-11(20)15(25)22-12(7-8-14(21)24)16(26)23-13(17(27)28)6-2-4-10-19/h11-13H,1-10,18-20H2,(H2,21,24)(H,22,25)(H,23,26)(H,27,28)/t11-,12-,13-/m0/s1. The van der Waals surface area contributed by atoms with Gasteiger partial charge in [-0.1, -0.05) is 6.42 Å². The van der Waals surface area contributed by atoms with Crippen LogP contribution >= 0.6 is 0 Å². The molecule has 0 fully saturated rings. The molecule has 28 heavy (non-hydrogen) atoms. The maximum absolute atomic E-state index is 12.5. The zero-order valence-electron chi connectivity index (χ0n) is 16.2. The summed E-state index contributed by atoms with van der Waals surface area (Å²) in [6.07, 6.45) is 2.92. The lowest BCUT2D eigenvalue weighted by atomic mass is 10.1. The Hall–Kier alpha value is -2.24. The Labute approximate surface area is 164 Å². The molecular weight excluding hydrogens is 368 g/mol. The van der Waals surface area contributed by atoms with E-state index in [0.717, 1.165) is 6.42 Å². The lowest BCUT2D eigenvalue weighted by molar-refractivity contribution is -0.142. The van der Waals surface area contributed by atoms with Crippen molar-refractivity contribution in [2.45, 2.75) is 69.5 Å². The third kappa shape index (κ3) is 11.5. The topological polar surface area (TPSA) is 217 Å². The van der Waals surface area contributed by atoms with Crippen molar-refractivity contribution in [3.8, 4) is 0 Å². The number of primary amides is 1. The predicted octanol–water partition coefficient (Wildman–Crippen LogP) is -2.11. The summed E-state index contributed by atoms with van der Waals surface area (Å²) < 4.78 is 0. The largest absolute Gasteiger partial charge is 0.480 e. The first-order valence-electron chi connectivity index (χ1n) is 9.50. The van der Waals surface area contributed by atoms with Gasteiger partial charge in [0.05, 0.1) is 6.04 Å². The van der Waals surface area contributed by atoms with Crippen molar-refractivity contribution in [2.24, 2.45) is 22.9 Å². The van der Waals surface area contributed by atoms with Crippen LogP contribution in [0.1, 0.15) is 51.4 Å². The Morgan fingerprint density at radius 3 is 1.82 bits per heavy atom. The van der Waals surface area contributed by atoms with E-state index < -0.39 is 41.8 Å². The molecule has 3 amide bonds. The summed E-state index contributed by atoms with van der Waals surface area (Å²) in [7, 11) is 0. The van der Waals surface area contributed by atoms with E-state index in [9.17, 15) is 24.3 Å². The molecule has 0 spiro atoms. The van der Waals surface area contributed by atoms with Gasteiger partial charge in [0, 0.05) is 6.42 Å². The van der Waals surface area contributed by atoms with Crippen molar-refractivity contribution in [3.63, 3.8) is 0 Å². The quantitative estimate of drug-likeness (QED) is 0.141. The minimum atomic E-state index is -1.19. The van der Waals surface area contributed by atoms with Crippen LogP contribution in [0.15, 0.2) is 0 Å². The van der Waals surface area contributed by atoms with Gasteiger partial charge in [-0.2, -0.15) is 0 Å². The highest BCUT2D eigenvalue weighted by atomic mass is 16.4. The fourth-order valence-corrected chi connectivity index (χ4v) is 2.50. The number of carbonyl (C=O) groups excluding carboxylic acids is 3. The number of amides is 3. The number of hydrogen-bond donors (Lipinski definition) is 7. The van der Waals surface area contributed by atoms with Crippen LogP contribution in [0.3, 0.4) is 0 Å². The summed E-state index contributed by atoms with van der Waals surface area (Å²) in [4.78, 5) is 47.1. The summed E-state index contributed by atoms with van der Waals surface area (Å²) in [6.45, 7) is 0.901. The van der Waals surface area contributed by atoms with E-state index in [2.05, 4.69) is 10.6 Å². The fraction of sp³-hybridized carbons (Fsp3) is 0.765. The first-order valence-corrected chi connectivity index (χ1v) is 9.50. The second-order valence-electron chi connectivity index (χ2n) is 6.64. The Morgan fingerprint density at radius 1 is 0.786 bits per heavy atom. The van der Waals surface area contributed by atoms with Crippen LogP contribution in [-0.2, 0) is 19.2 Å². The number of carboxylic acids is 1. The highest BCUT2D eigenvalue weighted by Gasteiger charge is 2.27. The number of carbonyl (C=O) groups is 4. The summed E-state index contributed by atoms with van der Waals surface area (Å²) >= 11 is 0. The monoisotopic (exact) mass is 402 g/mol. The number of hydrogen-bond acceptors (Lipinski definition) is 7. The molecule has 11 heteroatoms. The first kappa shape index (κ1) is 25.8. The predicted molar refractivity (Wildman–Crippen MR) is 104 cm³/mol. The molecule has 11 N–H and O–H groups in total. The van der Waals surface area contributed by atoms with E-state index in [1.165, 1.54) is 0 Å². The maximum atomic E-state index is 12.5. The number of nitrogens with one attached hydrogen (secondary N) is 2. The van der Waals surface area contributed by atoms with Crippen molar-refractivity contribution in [2.75, 3.05) is 13.1 Å². The molecule has 0 aromatic rings. The van der Waals surface area contributed by atoms with Gasteiger partial charge in [0.25, 0.3) is 0 Å². The molecule has 0 aliphatic rings. The number of rotatable bonds is 16. The van der Waals surface area contributed by atoms with Crippen LogP contribution in [-0.4, -0.2) is 60.0 Å². The first-order chi connectivity index (χ1) is 13.2. The van der Waals surface area contributed by atoms with Crippen LogP contribution in [0.2, 0.25) is 0 Å². The van der Waals surface area contributed by atoms with E-state index in [0.29, 0.717) is 38.8 Å². The van der Waals surface area contributed by atoms with Gasteiger partial charge in [0.2, 0.25) is 17.7 Å². The second kappa shape index (κ2) is 14.8. The van der Waals surface area contributed by atoms with Gasteiger partial charge in [-0.05, 0) is 51.6 Å². The molecule has 162 valence electrons. The molecule has 0 bridgehead atoms. The molecular formula is C17H34N6O5. The molecule has 0 rings (SSSR count). The van der Waals surface area contributed by atoms with Crippen molar-refractivity contribution >= 4 is 23.7 Å². The smallest absolute Gasteiger partial charge is 0.326 e. The zero-order valence-corrected chi connectivity index (χ0v) is 16.2. The summed E-state index contributed by atoms with van der Waals surface area (Å²) in [6, 6.07) is -3.07. The second-order valence-corrected chi connectivity index (χ2v) is 6.64. The van der Waals surface area contributed by atoms with Gasteiger partial charge in [-0.3, -0.25) is 14.4 Å². The van der Waals surface area contributed by atoms with Gasteiger partial charge in [-0.15, -0.1) is 0 Å².